The third-order valence-corrected chi connectivity index (χ3v) is 4.35. The number of rotatable bonds is 4. The van der Waals surface area contributed by atoms with Crippen molar-refractivity contribution >= 4 is 0 Å². The van der Waals surface area contributed by atoms with Gasteiger partial charge in [-0.1, -0.05) is 43.3 Å². The number of aryl methyl sites for hydroxylation is 1. The van der Waals surface area contributed by atoms with Crippen LogP contribution < -0.4 is 5.32 Å². The van der Waals surface area contributed by atoms with Gasteiger partial charge in [-0.3, -0.25) is 4.68 Å². The fourth-order valence-corrected chi connectivity index (χ4v) is 3.13. The Bertz CT molecular complexity index is 560. The van der Waals surface area contributed by atoms with Crippen LogP contribution in [0.5, 0.6) is 0 Å². The third kappa shape index (κ3) is 2.61. The molecule has 1 unspecified atom stereocenters. The van der Waals surface area contributed by atoms with Crippen LogP contribution >= 0.6 is 0 Å². The van der Waals surface area contributed by atoms with Crippen molar-refractivity contribution in [1.82, 2.24) is 20.3 Å². The van der Waals surface area contributed by atoms with Gasteiger partial charge in [0.2, 0.25) is 0 Å². The van der Waals surface area contributed by atoms with Gasteiger partial charge in [0.25, 0.3) is 0 Å². The van der Waals surface area contributed by atoms with Crippen molar-refractivity contribution < 1.29 is 0 Å². The first-order chi connectivity index (χ1) is 9.67. The van der Waals surface area contributed by atoms with E-state index in [4.69, 9.17) is 0 Å². The summed E-state index contributed by atoms with van der Waals surface area (Å²) in [6.07, 6.45) is 6.04. The smallest absolute Gasteiger partial charge is 0.0692 e. The van der Waals surface area contributed by atoms with Crippen LogP contribution in [0.2, 0.25) is 0 Å². The lowest BCUT2D eigenvalue weighted by atomic mass is 9.70. The summed E-state index contributed by atoms with van der Waals surface area (Å²) in [5.74, 6) is 0. The molecule has 0 saturated carbocycles. The molecule has 1 aliphatic carbocycles. The molecule has 106 valence electrons. The lowest BCUT2D eigenvalue weighted by molar-refractivity contribution is 0.207. The standard InChI is InChI=1S/C16H22N4/c1-16(2)8-7-13-5-3-4-6-14(13)15(16)17-9-11-20-12-10-18-19-20/h3-6,10,12,15,17H,7-9,11H2,1-2H3. The summed E-state index contributed by atoms with van der Waals surface area (Å²) in [6, 6.07) is 9.23. The van der Waals surface area contributed by atoms with Crippen molar-refractivity contribution in [3.63, 3.8) is 0 Å². The molecule has 0 saturated heterocycles. The number of hydrogen-bond acceptors (Lipinski definition) is 3. The van der Waals surface area contributed by atoms with Crippen molar-refractivity contribution in [3.05, 3.63) is 47.8 Å². The molecule has 1 atom stereocenters. The van der Waals surface area contributed by atoms with Gasteiger partial charge in [-0.05, 0) is 29.4 Å². The first-order valence-corrected chi connectivity index (χ1v) is 7.32. The maximum Gasteiger partial charge on any atom is 0.0692 e. The van der Waals surface area contributed by atoms with Gasteiger partial charge in [-0.15, -0.1) is 5.10 Å². The maximum absolute atomic E-state index is 4.01. The molecule has 4 nitrogen and oxygen atoms in total. The monoisotopic (exact) mass is 270 g/mol. The van der Waals surface area contributed by atoms with E-state index in [1.807, 2.05) is 10.9 Å². The molecule has 0 spiro atoms. The van der Waals surface area contributed by atoms with Crippen LogP contribution in [0.15, 0.2) is 36.7 Å². The summed E-state index contributed by atoms with van der Waals surface area (Å²) in [5, 5.41) is 11.6. The van der Waals surface area contributed by atoms with Crippen LogP contribution in [0.3, 0.4) is 0 Å². The van der Waals surface area contributed by atoms with E-state index in [1.165, 1.54) is 24.0 Å². The fourth-order valence-electron chi connectivity index (χ4n) is 3.13. The number of nitrogens with zero attached hydrogens (tertiary/aromatic N) is 3. The average molecular weight is 270 g/mol. The summed E-state index contributed by atoms with van der Waals surface area (Å²) < 4.78 is 1.87. The Morgan fingerprint density at radius 1 is 1.35 bits per heavy atom. The summed E-state index contributed by atoms with van der Waals surface area (Å²) >= 11 is 0. The molecular weight excluding hydrogens is 248 g/mol. The lowest BCUT2D eigenvalue weighted by Gasteiger charge is -2.40. The minimum Gasteiger partial charge on any atom is -0.308 e. The normalized spacial score (nSPS) is 20.6. The maximum atomic E-state index is 4.01. The second-order valence-electron chi connectivity index (χ2n) is 6.24. The van der Waals surface area contributed by atoms with Crippen LogP contribution in [0, 0.1) is 5.41 Å². The Balaban J connectivity index is 1.72. The van der Waals surface area contributed by atoms with Crippen molar-refractivity contribution in [2.75, 3.05) is 6.54 Å². The highest BCUT2D eigenvalue weighted by atomic mass is 15.4. The van der Waals surface area contributed by atoms with E-state index < -0.39 is 0 Å². The predicted octanol–water partition coefficient (Wildman–Crippen LogP) is 2.58. The molecule has 0 fully saturated rings. The molecular formula is C16H22N4. The van der Waals surface area contributed by atoms with Crippen molar-refractivity contribution in [2.45, 2.75) is 39.3 Å². The highest BCUT2D eigenvalue weighted by molar-refractivity contribution is 5.34. The van der Waals surface area contributed by atoms with Crippen LogP contribution in [-0.2, 0) is 13.0 Å². The topological polar surface area (TPSA) is 42.7 Å². The Labute approximate surface area is 120 Å². The molecule has 1 N–H and O–H groups in total. The van der Waals surface area contributed by atoms with E-state index in [9.17, 15) is 0 Å². The van der Waals surface area contributed by atoms with E-state index in [1.54, 1.807) is 6.20 Å². The second-order valence-corrected chi connectivity index (χ2v) is 6.24. The molecule has 1 heterocycles. The third-order valence-electron chi connectivity index (χ3n) is 4.35. The van der Waals surface area contributed by atoms with Crippen molar-refractivity contribution in [3.8, 4) is 0 Å². The molecule has 4 heteroatoms. The molecule has 2 aromatic rings. The zero-order valence-corrected chi connectivity index (χ0v) is 12.2. The highest BCUT2D eigenvalue weighted by Crippen LogP contribution is 2.43. The molecule has 0 aliphatic heterocycles. The van der Waals surface area contributed by atoms with E-state index >= 15 is 0 Å². The summed E-state index contributed by atoms with van der Waals surface area (Å²) in [4.78, 5) is 0. The molecule has 1 aliphatic rings. The highest BCUT2D eigenvalue weighted by Gasteiger charge is 2.35. The van der Waals surface area contributed by atoms with Gasteiger partial charge in [0.1, 0.15) is 0 Å². The van der Waals surface area contributed by atoms with Gasteiger partial charge in [0, 0.05) is 18.8 Å². The number of aromatic nitrogens is 3. The Morgan fingerprint density at radius 2 is 2.20 bits per heavy atom. The Morgan fingerprint density at radius 3 is 3.00 bits per heavy atom. The van der Waals surface area contributed by atoms with E-state index in [0.717, 1.165) is 13.1 Å². The second kappa shape index (κ2) is 5.37. The van der Waals surface area contributed by atoms with E-state index in [-0.39, 0.29) is 5.41 Å². The molecule has 1 aromatic heterocycles. The quantitative estimate of drug-likeness (QED) is 0.928. The largest absolute Gasteiger partial charge is 0.308 e. The van der Waals surface area contributed by atoms with Gasteiger partial charge >= 0.3 is 0 Å². The molecule has 0 radical (unpaired) electrons. The van der Waals surface area contributed by atoms with Gasteiger partial charge < -0.3 is 5.32 Å². The summed E-state index contributed by atoms with van der Waals surface area (Å²) in [6.45, 7) is 6.48. The molecule has 3 rings (SSSR count). The molecule has 20 heavy (non-hydrogen) atoms. The van der Waals surface area contributed by atoms with Crippen LogP contribution in [0.4, 0.5) is 0 Å². The van der Waals surface area contributed by atoms with Gasteiger partial charge in [-0.25, -0.2) is 0 Å². The minimum absolute atomic E-state index is 0.288. The molecule has 0 bridgehead atoms. The first kappa shape index (κ1) is 13.3. The zero-order chi connectivity index (χ0) is 14.0. The number of benzene rings is 1. The van der Waals surface area contributed by atoms with Crippen LogP contribution in [0.25, 0.3) is 0 Å². The average Bonchev–Trinajstić information content (AvgIpc) is 2.94. The van der Waals surface area contributed by atoms with Crippen molar-refractivity contribution in [2.24, 2.45) is 5.41 Å². The number of fused-ring (bicyclic) bond motifs is 1. The summed E-state index contributed by atoms with van der Waals surface area (Å²) in [5.41, 5.74) is 3.24. The van der Waals surface area contributed by atoms with Crippen LogP contribution in [0.1, 0.15) is 37.4 Å². The zero-order valence-electron chi connectivity index (χ0n) is 12.2. The minimum atomic E-state index is 0.288. The SMILES string of the molecule is CC1(C)CCc2ccccc2C1NCCn1ccnn1. The van der Waals surface area contributed by atoms with Crippen molar-refractivity contribution in [1.29, 1.82) is 0 Å². The van der Waals surface area contributed by atoms with Gasteiger partial charge in [-0.2, -0.15) is 0 Å². The number of nitrogens with one attached hydrogen (secondary N) is 1. The lowest BCUT2D eigenvalue weighted by Crippen LogP contribution is -2.39. The first-order valence-electron chi connectivity index (χ1n) is 7.32. The van der Waals surface area contributed by atoms with Gasteiger partial charge in [0.05, 0.1) is 12.7 Å². The van der Waals surface area contributed by atoms with E-state index in [2.05, 4.69) is 53.7 Å². The summed E-state index contributed by atoms with van der Waals surface area (Å²) in [7, 11) is 0. The Hall–Kier alpha value is -1.68. The van der Waals surface area contributed by atoms with Crippen LogP contribution in [-0.4, -0.2) is 21.5 Å². The number of hydrogen-bond donors (Lipinski definition) is 1. The Kier molecular flexibility index (Phi) is 3.57. The fraction of sp³-hybridized carbons (Fsp3) is 0.500. The van der Waals surface area contributed by atoms with E-state index in [0.29, 0.717) is 6.04 Å². The molecule has 0 amide bonds. The predicted molar refractivity (Wildman–Crippen MR) is 79.3 cm³/mol. The van der Waals surface area contributed by atoms with Gasteiger partial charge in [0.15, 0.2) is 0 Å². The molecule has 1 aromatic carbocycles.